The topological polar surface area (TPSA) is 102 Å². The van der Waals surface area contributed by atoms with E-state index in [1.54, 1.807) is 6.92 Å². The highest BCUT2D eigenvalue weighted by Crippen LogP contribution is 2.17. The predicted molar refractivity (Wildman–Crippen MR) is 75.3 cm³/mol. The number of nitrogens with zero attached hydrogens (tertiary/aromatic N) is 1. The van der Waals surface area contributed by atoms with Gasteiger partial charge in [-0.1, -0.05) is 0 Å². The molecule has 0 radical (unpaired) electrons. The summed E-state index contributed by atoms with van der Waals surface area (Å²) < 4.78 is 32.8. The normalized spacial score (nSPS) is 20.5. The van der Waals surface area contributed by atoms with Crippen molar-refractivity contribution in [3.8, 4) is 0 Å². The Hall–Kier alpha value is -1.19. The predicted octanol–water partition coefficient (Wildman–Crippen LogP) is -1.24. The quantitative estimate of drug-likeness (QED) is 0.485. The van der Waals surface area contributed by atoms with Crippen molar-refractivity contribution < 1.29 is 27.5 Å². The Kier molecular flexibility index (Phi) is 6.56. The SMILES string of the molecule is CCN(C(=O)C(=O)NCC(OC)OC)C1CCS(=O)(=O)C1. The fourth-order valence-corrected chi connectivity index (χ4v) is 3.96. The second kappa shape index (κ2) is 7.71. The van der Waals surface area contributed by atoms with Gasteiger partial charge in [0.2, 0.25) is 0 Å². The van der Waals surface area contributed by atoms with Crippen molar-refractivity contribution in [3.05, 3.63) is 0 Å². The number of ether oxygens (including phenoxy) is 2. The number of nitrogens with one attached hydrogen (secondary N) is 1. The zero-order chi connectivity index (χ0) is 16.0. The van der Waals surface area contributed by atoms with Gasteiger partial charge in [0.1, 0.15) is 0 Å². The van der Waals surface area contributed by atoms with Gasteiger partial charge in [-0.3, -0.25) is 9.59 Å². The van der Waals surface area contributed by atoms with Gasteiger partial charge in [-0.05, 0) is 13.3 Å². The zero-order valence-electron chi connectivity index (χ0n) is 12.5. The van der Waals surface area contributed by atoms with Gasteiger partial charge in [0.25, 0.3) is 0 Å². The molecule has 2 amide bonds. The van der Waals surface area contributed by atoms with E-state index in [9.17, 15) is 18.0 Å². The number of hydrogen-bond acceptors (Lipinski definition) is 6. The number of carbonyl (C=O) groups excluding carboxylic acids is 2. The second-order valence-electron chi connectivity index (χ2n) is 4.76. The fourth-order valence-electron chi connectivity index (χ4n) is 2.23. The second-order valence-corrected chi connectivity index (χ2v) is 6.99. The molecule has 0 aromatic heterocycles. The Bertz CT molecular complexity index is 474. The summed E-state index contributed by atoms with van der Waals surface area (Å²) >= 11 is 0. The average molecular weight is 322 g/mol. The first-order valence-corrected chi connectivity index (χ1v) is 8.51. The molecule has 1 saturated heterocycles. The molecule has 9 heteroatoms. The fraction of sp³-hybridized carbons (Fsp3) is 0.833. The van der Waals surface area contributed by atoms with Gasteiger partial charge in [-0.2, -0.15) is 0 Å². The van der Waals surface area contributed by atoms with E-state index in [0.29, 0.717) is 6.42 Å². The molecule has 0 bridgehead atoms. The lowest BCUT2D eigenvalue weighted by Crippen LogP contribution is -2.49. The third-order valence-corrected chi connectivity index (χ3v) is 5.15. The van der Waals surface area contributed by atoms with Crippen LogP contribution < -0.4 is 5.32 Å². The van der Waals surface area contributed by atoms with Crippen LogP contribution in [-0.2, 0) is 28.9 Å². The van der Waals surface area contributed by atoms with Crippen LogP contribution in [-0.4, -0.2) is 76.3 Å². The summed E-state index contributed by atoms with van der Waals surface area (Å²) in [6.45, 7) is 2.03. The maximum absolute atomic E-state index is 12.1. The molecule has 1 N–H and O–H groups in total. The lowest BCUT2D eigenvalue weighted by molar-refractivity contribution is -0.148. The van der Waals surface area contributed by atoms with Crippen LogP contribution in [0.15, 0.2) is 0 Å². The Balaban J connectivity index is 2.60. The molecule has 1 rings (SSSR count). The number of likely N-dealkylation sites (N-methyl/N-ethyl adjacent to an activating group) is 1. The molecule has 1 aliphatic rings. The molecule has 8 nitrogen and oxygen atoms in total. The average Bonchev–Trinajstić information content (AvgIpc) is 2.80. The van der Waals surface area contributed by atoms with Crippen molar-refractivity contribution >= 4 is 21.7 Å². The summed E-state index contributed by atoms with van der Waals surface area (Å²) in [5, 5.41) is 2.41. The van der Waals surface area contributed by atoms with E-state index in [1.165, 1.54) is 19.1 Å². The van der Waals surface area contributed by atoms with Crippen LogP contribution in [0.1, 0.15) is 13.3 Å². The summed E-state index contributed by atoms with van der Waals surface area (Å²) in [6, 6.07) is -0.432. The van der Waals surface area contributed by atoms with Crippen LogP contribution in [0.25, 0.3) is 0 Å². The minimum absolute atomic E-state index is 0.0398. The molecule has 0 aromatic carbocycles. The first kappa shape index (κ1) is 17.9. The Morgan fingerprint density at radius 3 is 2.38 bits per heavy atom. The standard InChI is InChI=1S/C12H22N2O6S/c1-4-14(9-5-6-21(17,18)8-9)12(16)11(15)13-7-10(19-2)20-3/h9-10H,4-8H2,1-3H3,(H,13,15). The molecule has 1 aliphatic heterocycles. The minimum atomic E-state index is -3.11. The van der Waals surface area contributed by atoms with E-state index in [-0.39, 0.29) is 24.6 Å². The minimum Gasteiger partial charge on any atom is -0.354 e. The van der Waals surface area contributed by atoms with Crippen LogP contribution in [0.4, 0.5) is 0 Å². The first-order chi connectivity index (χ1) is 9.84. The van der Waals surface area contributed by atoms with E-state index in [4.69, 9.17) is 9.47 Å². The maximum Gasteiger partial charge on any atom is 0.312 e. The Labute approximate surface area is 124 Å². The van der Waals surface area contributed by atoms with Crippen molar-refractivity contribution in [1.82, 2.24) is 10.2 Å². The summed E-state index contributed by atoms with van der Waals surface area (Å²) in [7, 11) is -0.268. The molecule has 1 unspecified atom stereocenters. The van der Waals surface area contributed by atoms with Gasteiger partial charge in [-0.15, -0.1) is 0 Å². The third-order valence-electron chi connectivity index (χ3n) is 3.40. The molecule has 0 spiro atoms. The van der Waals surface area contributed by atoms with Crippen LogP contribution in [0, 0.1) is 0 Å². The van der Waals surface area contributed by atoms with Crippen molar-refractivity contribution in [3.63, 3.8) is 0 Å². The third kappa shape index (κ3) is 4.94. The van der Waals surface area contributed by atoms with Gasteiger partial charge < -0.3 is 19.7 Å². The van der Waals surface area contributed by atoms with Crippen LogP contribution in [0.2, 0.25) is 0 Å². The summed E-state index contributed by atoms with van der Waals surface area (Å²) in [5.41, 5.74) is 0. The highest BCUT2D eigenvalue weighted by molar-refractivity contribution is 7.91. The van der Waals surface area contributed by atoms with Gasteiger partial charge in [-0.25, -0.2) is 8.42 Å². The van der Waals surface area contributed by atoms with Crippen LogP contribution >= 0.6 is 0 Å². The lowest BCUT2D eigenvalue weighted by atomic mass is 10.2. The maximum atomic E-state index is 12.1. The van der Waals surface area contributed by atoms with E-state index in [1.807, 2.05) is 0 Å². The van der Waals surface area contributed by atoms with Crippen molar-refractivity contribution in [1.29, 1.82) is 0 Å². The van der Waals surface area contributed by atoms with Gasteiger partial charge in [0, 0.05) is 26.8 Å². The van der Waals surface area contributed by atoms with Crippen molar-refractivity contribution in [2.45, 2.75) is 25.7 Å². The highest BCUT2D eigenvalue weighted by atomic mass is 32.2. The smallest absolute Gasteiger partial charge is 0.312 e. The number of carbonyl (C=O) groups is 2. The van der Waals surface area contributed by atoms with E-state index in [2.05, 4.69) is 5.32 Å². The molecule has 0 aromatic rings. The summed E-state index contributed by atoms with van der Waals surface area (Å²) in [5.74, 6) is -1.55. The Morgan fingerprint density at radius 2 is 1.95 bits per heavy atom. The van der Waals surface area contributed by atoms with Crippen LogP contribution in [0.5, 0.6) is 0 Å². The molecule has 1 atom stereocenters. The van der Waals surface area contributed by atoms with Gasteiger partial charge in [0.05, 0.1) is 18.1 Å². The molecule has 122 valence electrons. The summed E-state index contributed by atoms with van der Waals surface area (Å²) in [4.78, 5) is 25.2. The highest BCUT2D eigenvalue weighted by Gasteiger charge is 2.35. The van der Waals surface area contributed by atoms with Crippen LogP contribution in [0.3, 0.4) is 0 Å². The lowest BCUT2D eigenvalue weighted by Gasteiger charge is -2.26. The Morgan fingerprint density at radius 1 is 1.33 bits per heavy atom. The number of amides is 2. The van der Waals surface area contributed by atoms with Gasteiger partial charge in [0.15, 0.2) is 16.1 Å². The number of rotatable bonds is 6. The number of hydrogen-bond donors (Lipinski definition) is 1. The monoisotopic (exact) mass is 322 g/mol. The molecule has 0 saturated carbocycles. The van der Waals surface area contributed by atoms with Crippen molar-refractivity contribution in [2.24, 2.45) is 0 Å². The van der Waals surface area contributed by atoms with E-state index in [0.717, 1.165) is 0 Å². The molecule has 21 heavy (non-hydrogen) atoms. The number of methoxy groups -OCH3 is 2. The largest absolute Gasteiger partial charge is 0.354 e. The molecular formula is C12H22N2O6S. The van der Waals surface area contributed by atoms with E-state index < -0.39 is 34.0 Å². The number of sulfone groups is 1. The molecule has 0 aliphatic carbocycles. The summed E-state index contributed by atoms with van der Waals surface area (Å²) in [6.07, 6.45) is -0.266. The molecular weight excluding hydrogens is 300 g/mol. The van der Waals surface area contributed by atoms with Gasteiger partial charge >= 0.3 is 11.8 Å². The molecule has 1 fully saturated rings. The zero-order valence-corrected chi connectivity index (χ0v) is 13.3. The van der Waals surface area contributed by atoms with E-state index >= 15 is 0 Å². The first-order valence-electron chi connectivity index (χ1n) is 6.69. The molecule has 1 heterocycles. The van der Waals surface area contributed by atoms with Crippen molar-refractivity contribution in [2.75, 3.05) is 38.8 Å².